The molecule has 0 radical (unpaired) electrons. The van der Waals surface area contributed by atoms with E-state index < -0.39 is 0 Å². The molecule has 0 aliphatic carbocycles. The molecule has 18 heavy (non-hydrogen) atoms. The summed E-state index contributed by atoms with van der Waals surface area (Å²) in [4.78, 5) is 17.8. The van der Waals surface area contributed by atoms with Crippen molar-refractivity contribution in [3.8, 4) is 0 Å². The number of amides is 1. The van der Waals surface area contributed by atoms with Gasteiger partial charge in [0.25, 0.3) is 0 Å². The molecule has 2 heterocycles. The molecule has 2 rings (SSSR count). The first-order valence-electron chi connectivity index (χ1n) is 6.52. The Kier molecular flexibility index (Phi) is 3.97. The van der Waals surface area contributed by atoms with E-state index in [1.807, 2.05) is 13.0 Å². The van der Waals surface area contributed by atoms with Crippen LogP contribution in [0.1, 0.15) is 42.3 Å². The van der Waals surface area contributed by atoms with E-state index in [1.54, 1.807) is 0 Å². The van der Waals surface area contributed by atoms with Gasteiger partial charge in [-0.15, -0.1) is 0 Å². The van der Waals surface area contributed by atoms with Crippen LogP contribution in [0.15, 0.2) is 12.1 Å². The number of carbonyl (C=O) groups is 1. The zero-order valence-corrected chi connectivity index (χ0v) is 11.1. The van der Waals surface area contributed by atoms with Gasteiger partial charge in [0.1, 0.15) is 0 Å². The molecule has 0 bridgehead atoms. The number of hydrogen-bond donors (Lipinski definition) is 1. The van der Waals surface area contributed by atoms with Crippen LogP contribution in [0.25, 0.3) is 0 Å². The lowest BCUT2D eigenvalue weighted by Gasteiger charge is -2.20. The van der Waals surface area contributed by atoms with Crippen LogP contribution in [0, 0.1) is 6.92 Å². The van der Waals surface area contributed by atoms with Crippen LogP contribution in [0.3, 0.4) is 0 Å². The lowest BCUT2D eigenvalue weighted by atomic mass is 10.0. The average Bonchev–Trinajstić information content (AvgIpc) is 2.72. The van der Waals surface area contributed by atoms with Gasteiger partial charge in [0.15, 0.2) is 0 Å². The van der Waals surface area contributed by atoms with Crippen LogP contribution >= 0.6 is 0 Å². The summed E-state index contributed by atoms with van der Waals surface area (Å²) in [5, 5.41) is 0. The highest BCUT2D eigenvalue weighted by Crippen LogP contribution is 2.29. The standard InChI is InChI=1S/C14H21N3O/c1-10-8-11(5-6-14(15)18)9-12(16-10)13-4-3-7-17(13)2/h8-9,13H,3-7H2,1-2H3,(H2,15,18). The predicted molar refractivity (Wildman–Crippen MR) is 71.1 cm³/mol. The molecule has 0 aromatic carbocycles. The fraction of sp³-hybridized carbons (Fsp3) is 0.571. The van der Waals surface area contributed by atoms with E-state index in [2.05, 4.69) is 23.0 Å². The molecule has 98 valence electrons. The summed E-state index contributed by atoms with van der Waals surface area (Å²) in [6.45, 7) is 3.14. The molecule has 1 aliphatic heterocycles. The number of likely N-dealkylation sites (tertiary alicyclic amines) is 1. The number of primary amides is 1. The number of aromatic nitrogens is 1. The van der Waals surface area contributed by atoms with Crippen molar-refractivity contribution in [1.29, 1.82) is 0 Å². The van der Waals surface area contributed by atoms with Crippen molar-refractivity contribution >= 4 is 5.91 Å². The number of pyridine rings is 1. The monoisotopic (exact) mass is 247 g/mol. The Morgan fingerprint density at radius 3 is 2.94 bits per heavy atom. The minimum Gasteiger partial charge on any atom is -0.370 e. The fourth-order valence-corrected chi connectivity index (χ4v) is 2.63. The maximum Gasteiger partial charge on any atom is 0.217 e. The van der Waals surface area contributed by atoms with Crippen LogP contribution in [-0.2, 0) is 11.2 Å². The summed E-state index contributed by atoms with van der Waals surface area (Å²) in [5.41, 5.74) is 8.52. The van der Waals surface area contributed by atoms with Gasteiger partial charge in [-0.25, -0.2) is 0 Å². The number of rotatable bonds is 4. The summed E-state index contributed by atoms with van der Waals surface area (Å²) in [6.07, 6.45) is 3.52. The first kappa shape index (κ1) is 13.0. The number of hydrogen-bond acceptors (Lipinski definition) is 3. The van der Waals surface area contributed by atoms with Gasteiger partial charge in [0.2, 0.25) is 5.91 Å². The molecule has 1 aromatic rings. The zero-order chi connectivity index (χ0) is 13.1. The Morgan fingerprint density at radius 1 is 1.56 bits per heavy atom. The molecule has 1 unspecified atom stereocenters. The molecule has 1 atom stereocenters. The molecule has 2 N–H and O–H groups in total. The highest BCUT2D eigenvalue weighted by molar-refractivity contribution is 5.74. The van der Waals surface area contributed by atoms with Gasteiger partial charge in [0.05, 0.1) is 11.7 Å². The number of carbonyl (C=O) groups excluding carboxylic acids is 1. The van der Waals surface area contributed by atoms with Crippen LogP contribution < -0.4 is 5.73 Å². The fourth-order valence-electron chi connectivity index (χ4n) is 2.63. The normalized spacial score (nSPS) is 20.2. The number of aryl methyl sites for hydroxylation is 2. The molecule has 1 aromatic heterocycles. The summed E-state index contributed by atoms with van der Waals surface area (Å²) in [7, 11) is 2.14. The smallest absolute Gasteiger partial charge is 0.217 e. The van der Waals surface area contributed by atoms with E-state index in [0.717, 1.165) is 23.5 Å². The molecule has 4 heteroatoms. The van der Waals surface area contributed by atoms with Crippen molar-refractivity contribution in [2.75, 3.05) is 13.6 Å². The maximum atomic E-state index is 10.8. The van der Waals surface area contributed by atoms with Gasteiger partial charge in [-0.3, -0.25) is 14.7 Å². The summed E-state index contributed by atoms with van der Waals surface area (Å²) >= 11 is 0. The third kappa shape index (κ3) is 3.07. The minimum absolute atomic E-state index is 0.246. The molecular formula is C14H21N3O. The second-order valence-electron chi connectivity index (χ2n) is 5.15. The lowest BCUT2D eigenvalue weighted by Crippen LogP contribution is -2.19. The first-order valence-corrected chi connectivity index (χ1v) is 6.52. The van der Waals surface area contributed by atoms with Crippen molar-refractivity contribution in [2.24, 2.45) is 5.73 Å². The third-order valence-electron chi connectivity index (χ3n) is 3.55. The molecule has 4 nitrogen and oxygen atoms in total. The number of nitrogens with two attached hydrogens (primary N) is 1. The SMILES string of the molecule is Cc1cc(CCC(N)=O)cc(C2CCCN2C)n1. The molecule has 0 saturated carbocycles. The van der Waals surface area contributed by atoms with Gasteiger partial charge >= 0.3 is 0 Å². The van der Waals surface area contributed by atoms with Crippen molar-refractivity contribution < 1.29 is 4.79 Å². The lowest BCUT2D eigenvalue weighted by molar-refractivity contribution is -0.117. The van der Waals surface area contributed by atoms with E-state index in [1.165, 1.54) is 12.8 Å². The van der Waals surface area contributed by atoms with Gasteiger partial charge < -0.3 is 5.73 Å². The van der Waals surface area contributed by atoms with E-state index in [0.29, 0.717) is 18.9 Å². The Bertz CT molecular complexity index is 445. The van der Waals surface area contributed by atoms with Crippen molar-refractivity contribution in [2.45, 2.75) is 38.6 Å². The third-order valence-corrected chi connectivity index (χ3v) is 3.55. The zero-order valence-electron chi connectivity index (χ0n) is 11.1. The van der Waals surface area contributed by atoms with E-state index in [4.69, 9.17) is 5.73 Å². The summed E-state index contributed by atoms with van der Waals surface area (Å²) in [6, 6.07) is 4.60. The van der Waals surface area contributed by atoms with E-state index in [-0.39, 0.29) is 5.91 Å². The van der Waals surface area contributed by atoms with Gasteiger partial charge in [-0.2, -0.15) is 0 Å². The van der Waals surface area contributed by atoms with Gasteiger partial charge in [0, 0.05) is 12.1 Å². The quantitative estimate of drug-likeness (QED) is 0.878. The van der Waals surface area contributed by atoms with Crippen LogP contribution in [-0.4, -0.2) is 29.4 Å². The largest absolute Gasteiger partial charge is 0.370 e. The second-order valence-corrected chi connectivity index (χ2v) is 5.15. The first-order chi connectivity index (χ1) is 8.56. The average molecular weight is 247 g/mol. The second kappa shape index (κ2) is 5.48. The summed E-state index contributed by atoms with van der Waals surface area (Å²) in [5.74, 6) is -0.246. The van der Waals surface area contributed by atoms with E-state index in [9.17, 15) is 4.79 Å². The highest BCUT2D eigenvalue weighted by atomic mass is 16.1. The van der Waals surface area contributed by atoms with Crippen molar-refractivity contribution in [3.63, 3.8) is 0 Å². The molecule has 1 saturated heterocycles. The molecule has 1 aliphatic rings. The Labute approximate surface area is 108 Å². The number of nitrogens with zero attached hydrogens (tertiary/aromatic N) is 2. The molecule has 1 amide bonds. The Morgan fingerprint density at radius 2 is 2.33 bits per heavy atom. The molecular weight excluding hydrogens is 226 g/mol. The van der Waals surface area contributed by atoms with Gasteiger partial charge in [-0.1, -0.05) is 0 Å². The summed E-state index contributed by atoms with van der Waals surface area (Å²) < 4.78 is 0. The molecule has 1 fully saturated rings. The van der Waals surface area contributed by atoms with Crippen LogP contribution in [0.2, 0.25) is 0 Å². The van der Waals surface area contributed by atoms with E-state index >= 15 is 0 Å². The minimum atomic E-state index is -0.246. The van der Waals surface area contributed by atoms with Crippen LogP contribution in [0.4, 0.5) is 0 Å². The van der Waals surface area contributed by atoms with Crippen molar-refractivity contribution in [1.82, 2.24) is 9.88 Å². The highest BCUT2D eigenvalue weighted by Gasteiger charge is 2.24. The Hall–Kier alpha value is -1.42. The Balaban J connectivity index is 2.18. The molecule has 0 spiro atoms. The predicted octanol–water partition coefficient (Wildman–Crippen LogP) is 1.57. The van der Waals surface area contributed by atoms with Crippen LogP contribution in [0.5, 0.6) is 0 Å². The van der Waals surface area contributed by atoms with Gasteiger partial charge in [-0.05, 0) is 57.5 Å². The van der Waals surface area contributed by atoms with Crippen molar-refractivity contribution in [3.05, 3.63) is 29.1 Å². The maximum absolute atomic E-state index is 10.8. The topological polar surface area (TPSA) is 59.2 Å².